The SMILES string of the molecule is CCn1cc(C(=O)OC)c(-c2cccs2)n1. The first-order valence-electron chi connectivity index (χ1n) is 4.96. The zero-order valence-corrected chi connectivity index (χ0v) is 9.95. The van der Waals surface area contributed by atoms with Crippen molar-refractivity contribution in [3.05, 3.63) is 29.3 Å². The number of carbonyl (C=O) groups excluding carboxylic acids is 1. The summed E-state index contributed by atoms with van der Waals surface area (Å²) in [5.41, 5.74) is 1.22. The van der Waals surface area contributed by atoms with E-state index in [9.17, 15) is 4.79 Å². The second-order valence-electron chi connectivity index (χ2n) is 3.22. The van der Waals surface area contributed by atoms with E-state index in [1.165, 1.54) is 7.11 Å². The van der Waals surface area contributed by atoms with Gasteiger partial charge in [0.25, 0.3) is 0 Å². The van der Waals surface area contributed by atoms with Gasteiger partial charge in [-0.05, 0) is 18.4 Å². The lowest BCUT2D eigenvalue weighted by atomic mass is 10.2. The molecule has 2 aromatic rings. The van der Waals surface area contributed by atoms with Gasteiger partial charge in [0, 0.05) is 12.7 Å². The van der Waals surface area contributed by atoms with Crippen LogP contribution in [0.5, 0.6) is 0 Å². The van der Waals surface area contributed by atoms with Gasteiger partial charge in [-0.1, -0.05) is 6.07 Å². The topological polar surface area (TPSA) is 44.1 Å². The molecule has 0 fully saturated rings. The van der Waals surface area contributed by atoms with Gasteiger partial charge in [-0.15, -0.1) is 11.3 Å². The van der Waals surface area contributed by atoms with Crippen LogP contribution in [0.1, 0.15) is 17.3 Å². The third kappa shape index (κ3) is 1.86. The Morgan fingerprint density at radius 1 is 1.62 bits per heavy atom. The van der Waals surface area contributed by atoms with E-state index in [-0.39, 0.29) is 5.97 Å². The standard InChI is InChI=1S/C11H12N2O2S/c1-3-13-7-8(11(14)15-2)10(12-13)9-5-4-6-16-9/h4-7H,3H2,1-2H3. The highest BCUT2D eigenvalue weighted by Gasteiger charge is 2.18. The molecule has 0 radical (unpaired) electrons. The Labute approximate surface area is 97.5 Å². The molecule has 0 bridgehead atoms. The molecule has 5 heteroatoms. The molecule has 0 spiro atoms. The average Bonchev–Trinajstić information content (AvgIpc) is 2.95. The predicted octanol–water partition coefficient (Wildman–Crippen LogP) is 2.42. The van der Waals surface area contributed by atoms with Crippen LogP contribution in [0.4, 0.5) is 0 Å². The maximum absolute atomic E-state index is 11.6. The molecule has 0 N–H and O–H groups in total. The zero-order valence-electron chi connectivity index (χ0n) is 9.14. The van der Waals surface area contributed by atoms with Crippen LogP contribution in [0.15, 0.2) is 23.7 Å². The van der Waals surface area contributed by atoms with Gasteiger partial charge < -0.3 is 4.74 Å². The summed E-state index contributed by atoms with van der Waals surface area (Å²) in [6, 6.07) is 3.88. The number of thiophene rings is 1. The number of aromatic nitrogens is 2. The van der Waals surface area contributed by atoms with Gasteiger partial charge in [0.2, 0.25) is 0 Å². The van der Waals surface area contributed by atoms with Gasteiger partial charge in [0.1, 0.15) is 11.3 Å². The molecule has 0 unspecified atom stereocenters. The van der Waals surface area contributed by atoms with Crippen molar-refractivity contribution >= 4 is 17.3 Å². The number of nitrogens with zero attached hydrogens (tertiary/aromatic N) is 2. The molecule has 0 saturated heterocycles. The summed E-state index contributed by atoms with van der Waals surface area (Å²) < 4.78 is 6.48. The molecule has 4 nitrogen and oxygen atoms in total. The minimum absolute atomic E-state index is 0.344. The number of carbonyl (C=O) groups is 1. The monoisotopic (exact) mass is 236 g/mol. The van der Waals surface area contributed by atoms with Crippen molar-refractivity contribution in [1.82, 2.24) is 9.78 Å². The molecule has 0 aliphatic heterocycles. The Hall–Kier alpha value is -1.62. The Bertz CT molecular complexity index is 488. The van der Waals surface area contributed by atoms with E-state index in [1.54, 1.807) is 22.2 Å². The molecule has 2 heterocycles. The van der Waals surface area contributed by atoms with E-state index in [1.807, 2.05) is 24.4 Å². The van der Waals surface area contributed by atoms with E-state index in [2.05, 4.69) is 5.10 Å². The van der Waals surface area contributed by atoms with Crippen LogP contribution in [-0.2, 0) is 11.3 Å². The molecule has 0 saturated carbocycles. The van der Waals surface area contributed by atoms with Crippen molar-refractivity contribution in [3.63, 3.8) is 0 Å². The molecule has 2 rings (SSSR count). The summed E-state index contributed by atoms with van der Waals surface area (Å²) in [7, 11) is 1.38. The van der Waals surface area contributed by atoms with Crippen molar-refractivity contribution in [2.24, 2.45) is 0 Å². The van der Waals surface area contributed by atoms with Crippen LogP contribution in [-0.4, -0.2) is 22.9 Å². The van der Waals surface area contributed by atoms with Gasteiger partial charge in [0.05, 0.1) is 12.0 Å². The fraction of sp³-hybridized carbons (Fsp3) is 0.273. The first-order chi connectivity index (χ1) is 7.76. The minimum Gasteiger partial charge on any atom is -0.465 e. The highest BCUT2D eigenvalue weighted by molar-refractivity contribution is 7.13. The Kier molecular flexibility index (Phi) is 3.05. The first kappa shape index (κ1) is 10.9. The summed E-state index contributed by atoms with van der Waals surface area (Å²) in [5, 5.41) is 6.33. The van der Waals surface area contributed by atoms with Crippen molar-refractivity contribution in [3.8, 4) is 10.6 Å². The molecular formula is C11H12N2O2S. The summed E-state index contributed by atoms with van der Waals surface area (Å²) in [5.74, 6) is -0.344. The van der Waals surface area contributed by atoms with E-state index < -0.39 is 0 Å². The van der Waals surface area contributed by atoms with Crippen LogP contribution >= 0.6 is 11.3 Å². The predicted molar refractivity (Wildman–Crippen MR) is 62.6 cm³/mol. The Morgan fingerprint density at radius 2 is 2.44 bits per heavy atom. The molecule has 0 aromatic carbocycles. The number of ether oxygens (including phenoxy) is 1. The lowest BCUT2D eigenvalue weighted by Crippen LogP contribution is -2.01. The van der Waals surface area contributed by atoms with Crippen molar-refractivity contribution < 1.29 is 9.53 Å². The molecule has 0 amide bonds. The maximum Gasteiger partial charge on any atom is 0.341 e. The normalized spacial score (nSPS) is 10.4. The smallest absolute Gasteiger partial charge is 0.341 e. The highest BCUT2D eigenvalue weighted by atomic mass is 32.1. The number of methoxy groups -OCH3 is 1. The van der Waals surface area contributed by atoms with Crippen LogP contribution in [0.3, 0.4) is 0 Å². The van der Waals surface area contributed by atoms with Crippen LogP contribution in [0.2, 0.25) is 0 Å². The molecule has 0 aliphatic rings. The third-order valence-corrected chi connectivity index (χ3v) is 3.12. The number of hydrogen-bond donors (Lipinski definition) is 0. The summed E-state index contributed by atoms with van der Waals surface area (Å²) in [6.07, 6.45) is 1.72. The van der Waals surface area contributed by atoms with E-state index >= 15 is 0 Å². The summed E-state index contributed by atoms with van der Waals surface area (Å²) in [4.78, 5) is 12.6. The third-order valence-electron chi connectivity index (χ3n) is 2.25. The zero-order chi connectivity index (χ0) is 11.5. The van der Waals surface area contributed by atoms with Crippen molar-refractivity contribution in [2.45, 2.75) is 13.5 Å². The lowest BCUT2D eigenvalue weighted by Gasteiger charge is -1.96. The quantitative estimate of drug-likeness (QED) is 0.769. The minimum atomic E-state index is -0.344. The molecule has 16 heavy (non-hydrogen) atoms. The number of rotatable bonds is 3. The molecule has 2 aromatic heterocycles. The van der Waals surface area contributed by atoms with Gasteiger partial charge in [-0.3, -0.25) is 4.68 Å². The fourth-order valence-corrected chi connectivity index (χ4v) is 2.16. The highest BCUT2D eigenvalue weighted by Crippen LogP contribution is 2.26. The van der Waals surface area contributed by atoms with E-state index in [4.69, 9.17) is 4.74 Å². The number of aryl methyl sites for hydroxylation is 1. The summed E-state index contributed by atoms with van der Waals surface area (Å²) >= 11 is 1.56. The van der Waals surface area contributed by atoms with Gasteiger partial charge in [0.15, 0.2) is 0 Å². The van der Waals surface area contributed by atoms with Gasteiger partial charge in [-0.2, -0.15) is 5.10 Å². The molecule has 0 atom stereocenters. The Balaban J connectivity index is 2.50. The largest absolute Gasteiger partial charge is 0.465 e. The molecular weight excluding hydrogens is 224 g/mol. The van der Waals surface area contributed by atoms with Gasteiger partial charge in [-0.25, -0.2) is 4.79 Å². The first-order valence-corrected chi connectivity index (χ1v) is 5.84. The lowest BCUT2D eigenvalue weighted by molar-refractivity contribution is 0.0601. The molecule has 0 aliphatic carbocycles. The van der Waals surface area contributed by atoms with E-state index in [0.717, 1.165) is 11.4 Å². The Morgan fingerprint density at radius 3 is 3.00 bits per heavy atom. The van der Waals surface area contributed by atoms with Crippen LogP contribution in [0.25, 0.3) is 10.6 Å². The van der Waals surface area contributed by atoms with Crippen LogP contribution < -0.4 is 0 Å². The number of hydrogen-bond acceptors (Lipinski definition) is 4. The summed E-state index contributed by atoms with van der Waals surface area (Å²) in [6.45, 7) is 2.71. The fourth-order valence-electron chi connectivity index (χ4n) is 1.44. The second-order valence-corrected chi connectivity index (χ2v) is 4.16. The molecule has 84 valence electrons. The maximum atomic E-state index is 11.6. The second kappa shape index (κ2) is 4.49. The van der Waals surface area contributed by atoms with Crippen molar-refractivity contribution in [2.75, 3.05) is 7.11 Å². The number of esters is 1. The van der Waals surface area contributed by atoms with Gasteiger partial charge >= 0.3 is 5.97 Å². The van der Waals surface area contributed by atoms with Crippen molar-refractivity contribution in [1.29, 1.82) is 0 Å². The van der Waals surface area contributed by atoms with E-state index in [0.29, 0.717) is 11.3 Å². The average molecular weight is 236 g/mol. The van der Waals surface area contributed by atoms with Crippen LogP contribution in [0, 0.1) is 0 Å².